The van der Waals surface area contributed by atoms with E-state index in [-0.39, 0.29) is 0 Å². The average Bonchev–Trinajstić information content (AvgIpc) is 2.90. The Hall–Kier alpha value is -1.81. The van der Waals surface area contributed by atoms with Gasteiger partial charge in [0, 0.05) is 31.0 Å². The number of nitrogen functional groups attached to an aromatic ring is 1. The molecular formula is C17H26N4. The summed E-state index contributed by atoms with van der Waals surface area (Å²) < 4.78 is 2.02. The molecule has 0 aliphatic heterocycles. The molecule has 4 nitrogen and oxygen atoms in total. The van der Waals surface area contributed by atoms with E-state index in [4.69, 9.17) is 5.73 Å². The number of benzene rings is 1. The van der Waals surface area contributed by atoms with Gasteiger partial charge < -0.3 is 5.73 Å². The molecule has 0 aliphatic rings. The molecule has 21 heavy (non-hydrogen) atoms. The number of rotatable bonds is 7. The van der Waals surface area contributed by atoms with Gasteiger partial charge in [-0.25, -0.2) is 0 Å². The Morgan fingerprint density at radius 3 is 2.43 bits per heavy atom. The molecule has 0 aliphatic carbocycles. The van der Waals surface area contributed by atoms with Gasteiger partial charge in [-0.05, 0) is 50.6 Å². The normalized spacial score (nSPS) is 11.5. The summed E-state index contributed by atoms with van der Waals surface area (Å²) in [6.45, 7) is 9.39. The highest BCUT2D eigenvalue weighted by atomic mass is 15.3. The number of anilines is 1. The first-order valence-corrected chi connectivity index (χ1v) is 7.69. The third-order valence-corrected chi connectivity index (χ3v) is 3.50. The van der Waals surface area contributed by atoms with E-state index >= 15 is 0 Å². The van der Waals surface area contributed by atoms with Crippen LogP contribution >= 0.6 is 0 Å². The van der Waals surface area contributed by atoms with Crippen molar-refractivity contribution in [3.05, 3.63) is 47.8 Å². The number of hydrogen-bond donors (Lipinski definition) is 1. The summed E-state index contributed by atoms with van der Waals surface area (Å²) in [4.78, 5) is 2.43. The maximum Gasteiger partial charge on any atom is 0.0765 e. The van der Waals surface area contributed by atoms with E-state index in [1.807, 2.05) is 16.8 Å². The molecule has 0 bridgehead atoms. The van der Waals surface area contributed by atoms with Crippen LogP contribution in [0.25, 0.3) is 0 Å². The predicted molar refractivity (Wildman–Crippen MR) is 87.9 cm³/mol. The summed E-state index contributed by atoms with van der Waals surface area (Å²) in [6.07, 6.45) is 3.20. The molecule has 0 saturated carbocycles. The van der Waals surface area contributed by atoms with Crippen LogP contribution in [-0.4, -0.2) is 21.2 Å². The van der Waals surface area contributed by atoms with Crippen molar-refractivity contribution in [1.29, 1.82) is 0 Å². The first kappa shape index (κ1) is 15.6. The lowest BCUT2D eigenvalue weighted by Crippen LogP contribution is -2.24. The summed E-state index contributed by atoms with van der Waals surface area (Å²) in [5, 5.41) is 4.64. The standard InChI is InChI=1S/C17H26N4/c1-4-10-20(12-15-5-7-16(18)8-6-15)13-17-9-11-21(19-17)14(2)3/h5-9,11,14H,4,10,12-13,18H2,1-3H3. The average molecular weight is 286 g/mol. The summed E-state index contributed by atoms with van der Waals surface area (Å²) in [7, 11) is 0. The number of nitrogens with zero attached hydrogens (tertiary/aromatic N) is 3. The van der Waals surface area contributed by atoms with E-state index in [2.05, 4.69) is 55.2 Å². The van der Waals surface area contributed by atoms with Crippen molar-refractivity contribution < 1.29 is 0 Å². The minimum atomic E-state index is 0.412. The second-order valence-corrected chi connectivity index (χ2v) is 5.83. The first-order valence-electron chi connectivity index (χ1n) is 7.69. The molecule has 114 valence electrons. The van der Waals surface area contributed by atoms with Crippen LogP contribution in [0.5, 0.6) is 0 Å². The number of hydrogen-bond acceptors (Lipinski definition) is 3. The van der Waals surface area contributed by atoms with Crippen LogP contribution in [0.3, 0.4) is 0 Å². The summed E-state index contributed by atoms with van der Waals surface area (Å²) in [6, 6.07) is 10.7. The van der Waals surface area contributed by atoms with Gasteiger partial charge in [-0.2, -0.15) is 5.10 Å². The van der Waals surface area contributed by atoms with Crippen molar-refractivity contribution in [3.8, 4) is 0 Å². The van der Waals surface area contributed by atoms with Crippen molar-refractivity contribution in [2.24, 2.45) is 0 Å². The predicted octanol–water partition coefficient (Wildman–Crippen LogP) is 3.46. The molecule has 1 aromatic carbocycles. The van der Waals surface area contributed by atoms with Gasteiger partial charge in [0.1, 0.15) is 0 Å². The second-order valence-electron chi connectivity index (χ2n) is 5.83. The molecule has 0 unspecified atom stereocenters. The zero-order chi connectivity index (χ0) is 15.2. The van der Waals surface area contributed by atoms with Gasteiger partial charge in [-0.3, -0.25) is 9.58 Å². The summed E-state index contributed by atoms with van der Waals surface area (Å²) in [5.74, 6) is 0. The zero-order valence-corrected chi connectivity index (χ0v) is 13.3. The third kappa shape index (κ3) is 4.60. The number of aromatic nitrogens is 2. The molecule has 0 radical (unpaired) electrons. The highest BCUT2D eigenvalue weighted by Crippen LogP contribution is 2.12. The molecule has 0 spiro atoms. The van der Waals surface area contributed by atoms with E-state index in [0.717, 1.165) is 37.4 Å². The molecule has 0 fully saturated rings. The van der Waals surface area contributed by atoms with Gasteiger partial charge in [0.25, 0.3) is 0 Å². The number of nitrogens with two attached hydrogens (primary N) is 1. The van der Waals surface area contributed by atoms with Crippen LogP contribution in [0.2, 0.25) is 0 Å². The van der Waals surface area contributed by atoms with Gasteiger partial charge in [0.15, 0.2) is 0 Å². The van der Waals surface area contributed by atoms with Crippen LogP contribution in [-0.2, 0) is 13.1 Å². The van der Waals surface area contributed by atoms with Crippen LogP contribution in [0.4, 0.5) is 5.69 Å². The lowest BCUT2D eigenvalue weighted by Gasteiger charge is -2.21. The summed E-state index contributed by atoms with van der Waals surface area (Å²) >= 11 is 0. The molecular weight excluding hydrogens is 260 g/mol. The SMILES string of the molecule is CCCN(Cc1ccc(N)cc1)Cc1ccn(C(C)C)n1. The second kappa shape index (κ2) is 7.27. The van der Waals surface area contributed by atoms with Gasteiger partial charge in [-0.1, -0.05) is 19.1 Å². The maximum atomic E-state index is 5.74. The molecule has 2 rings (SSSR count). The Morgan fingerprint density at radius 2 is 1.86 bits per heavy atom. The van der Waals surface area contributed by atoms with Gasteiger partial charge >= 0.3 is 0 Å². The fourth-order valence-corrected chi connectivity index (χ4v) is 2.39. The molecule has 2 N–H and O–H groups in total. The van der Waals surface area contributed by atoms with Crippen LogP contribution in [0.15, 0.2) is 36.5 Å². The van der Waals surface area contributed by atoms with Gasteiger partial charge in [-0.15, -0.1) is 0 Å². The van der Waals surface area contributed by atoms with E-state index in [1.54, 1.807) is 0 Å². The van der Waals surface area contributed by atoms with E-state index in [0.29, 0.717) is 6.04 Å². The van der Waals surface area contributed by atoms with Gasteiger partial charge in [0.05, 0.1) is 5.69 Å². The summed E-state index contributed by atoms with van der Waals surface area (Å²) in [5.41, 5.74) is 8.99. The minimum Gasteiger partial charge on any atom is -0.399 e. The van der Waals surface area contributed by atoms with Crippen molar-refractivity contribution in [2.75, 3.05) is 12.3 Å². The topological polar surface area (TPSA) is 47.1 Å². The molecule has 2 aromatic rings. The molecule has 1 heterocycles. The molecule has 0 saturated heterocycles. The van der Waals surface area contributed by atoms with Crippen molar-refractivity contribution in [3.63, 3.8) is 0 Å². The van der Waals surface area contributed by atoms with Crippen molar-refractivity contribution >= 4 is 5.69 Å². The minimum absolute atomic E-state index is 0.412. The van der Waals surface area contributed by atoms with Crippen LogP contribution in [0.1, 0.15) is 44.5 Å². The highest BCUT2D eigenvalue weighted by Gasteiger charge is 2.09. The monoisotopic (exact) mass is 286 g/mol. The Kier molecular flexibility index (Phi) is 5.39. The first-order chi connectivity index (χ1) is 10.1. The zero-order valence-electron chi connectivity index (χ0n) is 13.3. The van der Waals surface area contributed by atoms with E-state index in [1.165, 1.54) is 5.56 Å². The van der Waals surface area contributed by atoms with Crippen molar-refractivity contribution in [1.82, 2.24) is 14.7 Å². The van der Waals surface area contributed by atoms with E-state index < -0.39 is 0 Å². The molecule has 1 aromatic heterocycles. The Morgan fingerprint density at radius 1 is 1.14 bits per heavy atom. The third-order valence-electron chi connectivity index (χ3n) is 3.50. The maximum absolute atomic E-state index is 5.74. The van der Waals surface area contributed by atoms with Crippen LogP contribution < -0.4 is 5.73 Å². The molecule has 0 atom stereocenters. The molecule has 4 heteroatoms. The Labute approximate surface area is 127 Å². The Balaban J connectivity index is 2.02. The fourth-order valence-electron chi connectivity index (χ4n) is 2.39. The molecule has 0 amide bonds. The Bertz CT molecular complexity index is 542. The van der Waals surface area contributed by atoms with Gasteiger partial charge in [0.2, 0.25) is 0 Å². The lowest BCUT2D eigenvalue weighted by molar-refractivity contribution is 0.253. The highest BCUT2D eigenvalue weighted by molar-refractivity contribution is 5.39. The van der Waals surface area contributed by atoms with E-state index in [9.17, 15) is 0 Å². The largest absolute Gasteiger partial charge is 0.399 e. The van der Waals surface area contributed by atoms with Crippen molar-refractivity contribution in [2.45, 2.75) is 46.3 Å². The van der Waals surface area contributed by atoms with Crippen LogP contribution in [0, 0.1) is 0 Å². The quantitative estimate of drug-likeness (QED) is 0.793. The fraction of sp³-hybridized carbons (Fsp3) is 0.471. The lowest BCUT2D eigenvalue weighted by atomic mass is 10.2. The smallest absolute Gasteiger partial charge is 0.0765 e.